The van der Waals surface area contributed by atoms with Crippen molar-refractivity contribution in [1.29, 1.82) is 0 Å². The Hall–Kier alpha value is -1.87. The van der Waals surface area contributed by atoms with Crippen molar-refractivity contribution in [3.63, 3.8) is 0 Å². The fourth-order valence-corrected chi connectivity index (χ4v) is 2.78. The third kappa shape index (κ3) is 3.08. The largest absolute Gasteiger partial charge is 0.495 e. The number of fused-ring (bicyclic) bond motifs is 1. The molecule has 0 radical (unpaired) electrons. The van der Waals surface area contributed by atoms with Gasteiger partial charge < -0.3 is 14.8 Å². The van der Waals surface area contributed by atoms with E-state index in [1.807, 2.05) is 30.3 Å². The van der Waals surface area contributed by atoms with Crippen LogP contribution in [0.2, 0.25) is 5.02 Å². The zero-order valence-electron chi connectivity index (χ0n) is 12.2. The van der Waals surface area contributed by atoms with E-state index in [4.69, 9.17) is 21.1 Å². The molecule has 0 bridgehead atoms. The van der Waals surface area contributed by atoms with Gasteiger partial charge in [0.15, 0.2) is 0 Å². The minimum atomic E-state index is 0.115. The van der Waals surface area contributed by atoms with Crippen LogP contribution in [-0.4, -0.2) is 19.8 Å². The van der Waals surface area contributed by atoms with Gasteiger partial charge in [0.2, 0.25) is 0 Å². The van der Waals surface area contributed by atoms with E-state index in [1.54, 1.807) is 7.11 Å². The Labute approximate surface area is 129 Å². The monoisotopic (exact) mass is 303 g/mol. The SMILES string of the molecule is COc1ccc(C)cc1NCC1Cc2cc(Cl)ccc2O1. The molecule has 1 unspecified atom stereocenters. The molecule has 0 saturated carbocycles. The van der Waals surface area contributed by atoms with Crippen LogP contribution < -0.4 is 14.8 Å². The summed E-state index contributed by atoms with van der Waals surface area (Å²) < 4.78 is 11.3. The fourth-order valence-electron chi connectivity index (χ4n) is 2.59. The van der Waals surface area contributed by atoms with Crippen LogP contribution in [0.25, 0.3) is 0 Å². The zero-order chi connectivity index (χ0) is 14.8. The van der Waals surface area contributed by atoms with E-state index < -0.39 is 0 Å². The van der Waals surface area contributed by atoms with Crippen molar-refractivity contribution in [2.45, 2.75) is 19.4 Å². The summed E-state index contributed by atoms with van der Waals surface area (Å²) >= 11 is 6.01. The van der Waals surface area contributed by atoms with Crippen molar-refractivity contribution in [2.24, 2.45) is 0 Å². The molecule has 1 atom stereocenters. The van der Waals surface area contributed by atoms with Crippen molar-refractivity contribution < 1.29 is 9.47 Å². The molecule has 0 saturated heterocycles. The standard InChI is InChI=1S/C17H18ClNO2/c1-11-3-5-17(20-2)15(7-11)19-10-14-9-12-8-13(18)4-6-16(12)21-14/h3-8,14,19H,9-10H2,1-2H3. The molecule has 2 aromatic carbocycles. The van der Waals surface area contributed by atoms with Gasteiger partial charge in [-0.2, -0.15) is 0 Å². The Morgan fingerprint density at radius 3 is 2.95 bits per heavy atom. The molecule has 1 N–H and O–H groups in total. The molecule has 1 heterocycles. The highest BCUT2D eigenvalue weighted by atomic mass is 35.5. The molecular weight excluding hydrogens is 286 g/mol. The van der Waals surface area contributed by atoms with Gasteiger partial charge >= 0.3 is 0 Å². The number of aryl methyl sites for hydroxylation is 1. The Morgan fingerprint density at radius 1 is 1.29 bits per heavy atom. The van der Waals surface area contributed by atoms with Crippen LogP contribution in [0.4, 0.5) is 5.69 Å². The highest BCUT2D eigenvalue weighted by Crippen LogP contribution is 2.32. The minimum Gasteiger partial charge on any atom is -0.495 e. The number of rotatable bonds is 4. The molecule has 21 heavy (non-hydrogen) atoms. The van der Waals surface area contributed by atoms with Crippen LogP contribution in [0.5, 0.6) is 11.5 Å². The highest BCUT2D eigenvalue weighted by molar-refractivity contribution is 6.30. The first-order chi connectivity index (χ1) is 10.2. The van der Waals surface area contributed by atoms with Crippen molar-refractivity contribution in [3.05, 3.63) is 52.5 Å². The lowest BCUT2D eigenvalue weighted by molar-refractivity contribution is 0.246. The summed E-state index contributed by atoms with van der Waals surface area (Å²) in [6, 6.07) is 11.9. The summed E-state index contributed by atoms with van der Waals surface area (Å²) in [5.74, 6) is 1.78. The molecule has 4 heteroatoms. The number of halogens is 1. The predicted molar refractivity (Wildman–Crippen MR) is 85.8 cm³/mol. The lowest BCUT2D eigenvalue weighted by atomic mass is 10.1. The summed E-state index contributed by atoms with van der Waals surface area (Å²) in [7, 11) is 1.68. The van der Waals surface area contributed by atoms with Gasteiger partial charge in [-0.25, -0.2) is 0 Å². The minimum absolute atomic E-state index is 0.115. The first-order valence-electron chi connectivity index (χ1n) is 6.99. The predicted octanol–water partition coefficient (Wildman–Crippen LogP) is 4.07. The average Bonchev–Trinajstić information content (AvgIpc) is 2.87. The number of nitrogens with one attached hydrogen (secondary N) is 1. The van der Waals surface area contributed by atoms with Crippen LogP contribution in [-0.2, 0) is 6.42 Å². The quantitative estimate of drug-likeness (QED) is 0.923. The van der Waals surface area contributed by atoms with Crippen LogP contribution in [0.15, 0.2) is 36.4 Å². The topological polar surface area (TPSA) is 30.5 Å². The molecule has 0 aliphatic carbocycles. The fraction of sp³-hybridized carbons (Fsp3) is 0.294. The third-order valence-corrected chi connectivity index (χ3v) is 3.87. The number of benzene rings is 2. The maximum atomic E-state index is 6.01. The molecule has 0 aromatic heterocycles. The molecule has 3 rings (SSSR count). The van der Waals surface area contributed by atoms with Crippen molar-refractivity contribution in [1.82, 2.24) is 0 Å². The van der Waals surface area contributed by atoms with Crippen LogP contribution in [0, 0.1) is 6.92 Å². The summed E-state index contributed by atoms with van der Waals surface area (Å²) in [5.41, 5.74) is 3.36. The van der Waals surface area contributed by atoms with Gasteiger partial charge in [-0.3, -0.25) is 0 Å². The van der Waals surface area contributed by atoms with Gasteiger partial charge in [-0.15, -0.1) is 0 Å². The number of hydrogen-bond acceptors (Lipinski definition) is 3. The van der Waals surface area contributed by atoms with Crippen molar-refractivity contribution >= 4 is 17.3 Å². The van der Waals surface area contributed by atoms with E-state index in [0.717, 1.165) is 35.2 Å². The second-order valence-corrected chi connectivity index (χ2v) is 5.72. The molecule has 3 nitrogen and oxygen atoms in total. The zero-order valence-corrected chi connectivity index (χ0v) is 12.9. The Balaban J connectivity index is 1.66. The molecule has 0 spiro atoms. The van der Waals surface area contributed by atoms with Gasteiger partial charge in [-0.05, 0) is 48.4 Å². The van der Waals surface area contributed by atoms with E-state index >= 15 is 0 Å². The average molecular weight is 304 g/mol. The van der Waals surface area contributed by atoms with Gasteiger partial charge in [0.25, 0.3) is 0 Å². The normalized spacial score (nSPS) is 16.2. The van der Waals surface area contributed by atoms with Gasteiger partial charge in [0.1, 0.15) is 17.6 Å². The summed E-state index contributed by atoms with van der Waals surface area (Å²) in [5, 5.41) is 4.17. The number of methoxy groups -OCH3 is 1. The Bertz CT molecular complexity index is 657. The van der Waals surface area contributed by atoms with E-state index in [2.05, 4.69) is 18.3 Å². The Kier molecular flexibility index (Phi) is 3.93. The number of hydrogen-bond donors (Lipinski definition) is 1. The summed E-state index contributed by atoms with van der Waals surface area (Å²) in [4.78, 5) is 0. The molecule has 0 fully saturated rings. The van der Waals surface area contributed by atoms with Crippen molar-refractivity contribution in [2.75, 3.05) is 19.0 Å². The molecule has 110 valence electrons. The molecule has 1 aliphatic heterocycles. The van der Waals surface area contributed by atoms with E-state index in [9.17, 15) is 0 Å². The maximum absolute atomic E-state index is 6.01. The first-order valence-corrected chi connectivity index (χ1v) is 7.37. The second kappa shape index (κ2) is 5.86. The van der Waals surface area contributed by atoms with E-state index in [1.165, 1.54) is 11.1 Å². The van der Waals surface area contributed by atoms with Gasteiger partial charge in [0.05, 0.1) is 19.3 Å². The molecule has 2 aromatic rings. The summed E-state index contributed by atoms with van der Waals surface area (Å²) in [6.07, 6.45) is 0.987. The maximum Gasteiger partial charge on any atom is 0.141 e. The van der Waals surface area contributed by atoms with Crippen molar-refractivity contribution in [3.8, 4) is 11.5 Å². The first kappa shape index (κ1) is 14.1. The second-order valence-electron chi connectivity index (χ2n) is 5.28. The highest BCUT2D eigenvalue weighted by Gasteiger charge is 2.23. The lowest BCUT2D eigenvalue weighted by Crippen LogP contribution is -2.24. The molecule has 0 amide bonds. The third-order valence-electron chi connectivity index (χ3n) is 3.64. The van der Waals surface area contributed by atoms with Crippen LogP contribution >= 0.6 is 11.6 Å². The Morgan fingerprint density at radius 2 is 2.14 bits per heavy atom. The molecule has 1 aliphatic rings. The number of anilines is 1. The summed E-state index contributed by atoms with van der Waals surface area (Å²) in [6.45, 7) is 2.79. The van der Waals surface area contributed by atoms with Crippen LogP contribution in [0.3, 0.4) is 0 Å². The molecular formula is C17H18ClNO2. The smallest absolute Gasteiger partial charge is 0.141 e. The van der Waals surface area contributed by atoms with E-state index in [-0.39, 0.29) is 6.10 Å². The lowest BCUT2D eigenvalue weighted by Gasteiger charge is -2.15. The van der Waals surface area contributed by atoms with E-state index in [0.29, 0.717) is 0 Å². The van der Waals surface area contributed by atoms with Gasteiger partial charge in [0, 0.05) is 11.4 Å². The number of ether oxygens (including phenoxy) is 2. The van der Waals surface area contributed by atoms with Gasteiger partial charge in [-0.1, -0.05) is 17.7 Å². The van der Waals surface area contributed by atoms with Crippen LogP contribution in [0.1, 0.15) is 11.1 Å².